The molecule has 2 aromatic heterocycles. The van der Waals surface area contributed by atoms with Crippen LogP contribution in [-0.2, 0) is 0 Å². The molecule has 2 aromatic carbocycles. The third kappa shape index (κ3) is 3.89. The molecule has 0 bridgehead atoms. The summed E-state index contributed by atoms with van der Waals surface area (Å²) in [5.74, 6) is 1.75. The number of rotatable bonds is 6. The van der Waals surface area contributed by atoms with E-state index >= 15 is 0 Å². The lowest BCUT2D eigenvalue weighted by Crippen LogP contribution is -2.00. The highest BCUT2D eigenvalue weighted by Gasteiger charge is 2.10. The van der Waals surface area contributed by atoms with E-state index in [9.17, 15) is 0 Å². The van der Waals surface area contributed by atoms with Gasteiger partial charge in [0.1, 0.15) is 21.9 Å². The Morgan fingerprint density at radius 2 is 1.81 bits per heavy atom. The third-order valence-electron chi connectivity index (χ3n) is 3.96. The molecular weight excluding hydrogens is 360 g/mol. The van der Waals surface area contributed by atoms with Crippen molar-refractivity contribution in [1.82, 2.24) is 9.97 Å². The van der Waals surface area contributed by atoms with Gasteiger partial charge in [-0.25, -0.2) is 9.97 Å². The number of fused-ring (bicyclic) bond motifs is 1. The predicted octanol–water partition coefficient (Wildman–Crippen LogP) is 5.84. The quantitative estimate of drug-likeness (QED) is 0.240. The van der Waals surface area contributed by atoms with Crippen molar-refractivity contribution in [1.29, 1.82) is 0 Å². The van der Waals surface area contributed by atoms with Gasteiger partial charge < -0.3 is 4.74 Å². The fraction of sp³-hybridized carbons (Fsp3) is 0.143. The number of aryl methyl sites for hydroxylation is 1. The van der Waals surface area contributed by atoms with Gasteiger partial charge in [0.2, 0.25) is 0 Å². The van der Waals surface area contributed by atoms with E-state index in [2.05, 4.69) is 59.4 Å². The maximum atomic E-state index is 5.81. The first kappa shape index (κ1) is 17.1. The monoisotopic (exact) mass is 378 g/mol. The maximum absolute atomic E-state index is 5.81. The molecule has 3 nitrogen and oxygen atoms in total. The summed E-state index contributed by atoms with van der Waals surface area (Å²) in [7, 11) is 0. The summed E-state index contributed by atoms with van der Waals surface area (Å²) >= 11 is 3.42. The predicted molar refractivity (Wildman–Crippen MR) is 110 cm³/mol. The molecule has 0 unspecified atom stereocenters. The van der Waals surface area contributed by atoms with E-state index in [1.54, 1.807) is 29.4 Å². The summed E-state index contributed by atoms with van der Waals surface area (Å²) in [5, 5.41) is 2.14. The topological polar surface area (TPSA) is 35.0 Å². The van der Waals surface area contributed by atoms with Crippen molar-refractivity contribution in [3.63, 3.8) is 0 Å². The number of ether oxygens (including phenoxy) is 1. The molecule has 0 aliphatic heterocycles. The normalized spacial score (nSPS) is 11.0. The Morgan fingerprint density at radius 1 is 1.00 bits per heavy atom. The maximum Gasteiger partial charge on any atom is 0.128 e. The lowest BCUT2D eigenvalue weighted by Gasteiger charge is -2.06. The molecule has 0 spiro atoms. The van der Waals surface area contributed by atoms with Gasteiger partial charge in [0, 0.05) is 16.0 Å². The fourth-order valence-electron chi connectivity index (χ4n) is 2.63. The average Bonchev–Trinajstić information content (AvgIpc) is 3.12. The van der Waals surface area contributed by atoms with Crippen LogP contribution in [0.5, 0.6) is 5.75 Å². The molecular formula is C21H18N2OS2. The molecule has 4 rings (SSSR count). The van der Waals surface area contributed by atoms with Crippen molar-refractivity contribution in [2.24, 2.45) is 0 Å². The molecule has 130 valence electrons. The van der Waals surface area contributed by atoms with E-state index in [0.717, 1.165) is 26.7 Å². The molecule has 26 heavy (non-hydrogen) atoms. The van der Waals surface area contributed by atoms with Gasteiger partial charge in [0.25, 0.3) is 0 Å². The Balaban J connectivity index is 1.45. The van der Waals surface area contributed by atoms with E-state index < -0.39 is 0 Å². The van der Waals surface area contributed by atoms with E-state index in [-0.39, 0.29) is 0 Å². The molecule has 0 aliphatic carbocycles. The van der Waals surface area contributed by atoms with Crippen LogP contribution in [-0.4, -0.2) is 22.3 Å². The summed E-state index contributed by atoms with van der Waals surface area (Å²) in [4.78, 5) is 11.2. The van der Waals surface area contributed by atoms with Crippen molar-refractivity contribution in [3.05, 3.63) is 72.6 Å². The minimum Gasteiger partial charge on any atom is -0.493 e. The van der Waals surface area contributed by atoms with Crippen molar-refractivity contribution < 1.29 is 4.74 Å². The zero-order valence-corrected chi connectivity index (χ0v) is 16.0. The van der Waals surface area contributed by atoms with Gasteiger partial charge in [-0.3, -0.25) is 0 Å². The average molecular weight is 379 g/mol. The molecule has 0 atom stereocenters. The lowest BCUT2D eigenvalue weighted by molar-refractivity contribution is 0.344. The molecule has 5 heteroatoms. The van der Waals surface area contributed by atoms with Crippen LogP contribution in [0, 0.1) is 6.92 Å². The van der Waals surface area contributed by atoms with Crippen molar-refractivity contribution in [2.75, 3.05) is 12.4 Å². The van der Waals surface area contributed by atoms with Crippen molar-refractivity contribution in [2.45, 2.75) is 11.9 Å². The molecule has 0 aliphatic rings. The molecule has 2 heterocycles. The second-order valence-corrected chi connectivity index (χ2v) is 8.00. The van der Waals surface area contributed by atoms with Crippen LogP contribution in [0.15, 0.2) is 72.0 Å². The van der Waals surface area contributed by atoms with Crippen LogP contribution < -0.4 is 4.74 Å². The molecule has 0 saturated heterocycles. The molecule has 4 aromatic rings. The molecule has 0 N–H and O–H groups in total. The Labute approximate surface area is 161 Å². The number of hydrogen-bond donors (Lipinski definition) is 0. The Bertz CT molecular complexity index is 998. The van der Waals surface area contributed by atoms with Crippen LogP contribution in [0.1, 0.15) is 5.56 Å². The second-order valence-electron chi connectivity index (χ2n) is 5.88. The van der Waals surface area contributed by atoms with E-state index in [4.69, 9.17) is 4.74 Å². The summed E-state index contributed by atoms with van der Waals surface area (Å²) in [6.07, 6.45) is 1.65. The Kier molecular flexibility index (Phi) is 5.18. The SMILES string of the molecule is Cc1ccc(OCCSc2ncnc3sc(-c4ccccc4)cc23)cc1. The first-order valence-corrected chi connectivity index (χ1v) is 10.2. The van der Waals surface area contributed by atoms with Crippen molar-refractivity contribution >= 4 is 33.3 Å². The van der Waals surface area contributed by atoms with Gasteiger partial charge in [-0.15, -0.1) is 23.1 Å². The lowest BCUT2D eigenvalue weighted by atomic mass is 10.2. The van der Waals surface area contributed by atoms with Gasteiger partial charge in [-0.2, -0.15) is 0 Å². The minimum absolute atomic E-state index is 0.648. The molecule has 0 radical (unpaired) electrons. The molecule has 0 saturated carbocycles. The van der Waals surface area contributed by atoms with Crippen molar-refractivity contribution in [3.8, 4) is 16.2 Å². The van der Waals surface area contributed by atoms with Gasteiger partial charge in [0.15, 0.2) is 0 Å². The minimum atomic E-state index is 0.648. The fourth-order valence-corrected chi connectivity index (χ4v) is 4.49. The Morgan fingerprint density at radius 3 is 2.62 bits per heavy atom. The summed E-state index contributed by atoms with van der Waals surface area (Å²) in [6, 6.07) is 20.7. The standard InChI is InChI=1S/C21H18N2OS2/c1-15-7-9-17(10-8-15)24-11-12-25-20-18-13-19(16-5-3-2-4-6-16)26-21(18)23-14-22-20/h2-10,13-14H,11-12H2,1H3. The highest BCUT2D eigenvalue weighted by Crippen LogP contribution is 2.36. The van der Waals surface area contributed by atoms with Crippen LogP contribution in [0.3, 0.4) is 0 Å². The highest BCUT2D eigenvalue weighted by molar-refractivity contribution is 7.99. The zero-order chi connectivity index (χ0) is 17.8. The molecule has 0 amide bonds. The van der Waals surface area contributed by atoms with Crippen LogP contribution in [0.25, 0.3) is 20.7 Å². The highest BCUT2D eigenvalue weighted by atomic mass is 32.2. The molecule has 0 fully saturated rings. The van der Waals surface area contributed by atoms with Crippen LogP contribution >= 0.6 is 23.1 Å². The number of hydrogen-bond acceptors (Lipinski definition) is 5. The summed E-state index contributed by atoms with van der Waals surface area (Å²) in [6.45, 7) is 2.72. The zero-order valence-electron chi connectivity index (χ0n) is 14.4. The number of aromatic nitrogens is 2. The first-order chi connectivity index (χ1) is 12.8. The van der Waals surface area contributed by atoms with Gasteiger partial charge in [-0.05, 0) is 30.7 Å². The smallest absolute Gasteiger partial charge is 0.128 e. The first-order valence-electron chi connectivity index (χ1n) is 8.42. The van der Waals surface area contributed by atoms with Gasteiger partial charge in [0.05, 0.1) is 6.61 Å². The summed E-state index contributed by atoms with van der Waals surface area (Å²) in [5.41, 5.74) is 2.45. The third-order valence-corrected chi connectivity index (χ3v) is 6.02. The number of benzene rings is 2. The largest absolute Gasteiger partial charge is 0.493 e. The van der Waals surface area contributed by atoms with Crippen LogP contribution in [0.2, 0.25) is 0 Å². The van der Waals surface area contributed by atoms with E-state index in [1.165, 1.54) is 16.0 Å². The number of thioether (sulfide) groups is 1. The Hall–Kier alpha value is -2.37. The second kappa shape index (κ2) is 7.89. The summed E-state index contributed by atoms with van der Waals surface area (Å²) < 4.78 is 5.81. The van der Waals surface area contributed by atoms with Gasteiger partial charge >= 0.3 is 0 Å². The number of thiophene rings is 1. The van der Waals surface area contributed by atoms with Crippen LogP contribution in [0.4, 0.5) is 0 Å². The van der Waals surface area contributed by atoms with E-state index in [0.29, 0.717) is 6.61 Å². The van der Waals surface area contributed by atoms with Gasteiger partial charge in [-0.1, -0.05) is 48.0 Å². The van der Waals surface area contributed by atoms with E-state index in [1.807, 2.05) is 18.2 Å². The number of nitrogens with zero attached hydrogens (tertiary/aromatic N) is 2.